The van der Waals surface area contributed by atoms with Crippen LogP contribution in [0.15, 0.2) is 17.2 Å². The SMILES string of the molecule is CCCc1cc(C(=O)O)cc(SCCCO)n1. The molecule has 0 aliphatic carbocycles. The van der Waals surface area contributed by atoms with Gasteiger partial charge in [0, 0.05) is 18.1 Å². The monoisotopic (exact) mass is 255 g/mol. The highest BCUT2D eigenvalue weighted by Gasteiger charge is 2.08. The minimum atomic E-state index is -0.922. The Balaban J connectivity index is 2.83. The lowest BCUT2D eigenvalue weighted by Crippen LogP contribution is -2.01. The number of aliphatic hydroxyl groups is 1. The number of hydrogen-bond donors (Lipinski definition) is 2. The fourth-order valence-electron chi connectivity index (χ4n) is 1.38. The molecule has 0 amide bonds. The lowest BCUT2D eigenvalue weighted by molar-refractivity contribution is 0.0696. The van der Waals surface area contributed by atoms with Crippen molar-refractivity contribution in [2.24, 2.45) is 0 Å². The Bertz CT molecular complexity index is 382. The molecule has 0 saturated carbocycles. The summed E-state index contributed by atoms with van der Waals surface area (Å²) in [5, 5.41) is 18.4. The van der Waals surface area contributed by atoms with E-state index in [0.717, 1.165) is 29.3 Å². The van der Waals surface area contributed by atoms with Crippen LogP contribution in [0.1, 0.15) is 35.8 Å². The molecule has 94 valence electrons. The molecule has 0 atom stereocenters. The number of pyridine rings is 1. The first kappa shape index (κ1) is 14.0. The maximum absolute atomic E-state index is 11.0. The Labute approximate surface area is 105 Å². The number of carboxylic acids is 1. The van der Waals surface area contributed by atoms with Crippen molar-refractivity contribution in [3.8, 4) is 0 Å². The number of aliphatic hydroxyl groups excluding tert-OH is 1. The zero-order chi connectivity index (χ0) is 12.7. The molecule has 1 rings (SSSR count). The van der Waals surface area contributed by atoms with Gasteiger partial charge in [-0.25, -0.2) is 9.78 Å². The van der Waals surface area contributed by atoms with Crippen LogP contribution in [-0.2, 0) is 6.42 Å². The van der Waals surface area contributed by atoms with Gasteiger partial charge in [-0.1, -0.05) is 13.3 Å². The Morgan fingerprint density at radius 3 is 2.82 bits per heavy atom. The van der Waals surface area contributed by atoms with Crippen molar-refractivity contribution in [3.05, 3.63) is 23.4 Å². The van der Waals surface area contributed by atoms with Crippen molar-refractivity contribution >= 4 is 17.7 Å². The summed E-state index contributed by atoms with van der Waals surface area (Å²) in [4.78, 5) is 15.4. The standard InChI is InChI=1S/C12H17NO3S/c1-2-4-10-7-9(12(15)16)8-11(13-10)17-6-3-5-14/h7-8,14H,2-6H2,1H3,(H,15,16). The number of hydrogen-bond acceptors (Lipinski definition) is 4. The van der Waals surface area contributed by atoms with Crippen LogP contribution < -0.4 is 0 Å². The molecule has 0 aliphatic heterocycles. The van der Waals surface area contributed by atoms with E-state index in [1.54, 1.807) is 12.1 Å². The molecule has 0 saturated heterocycles. The average molecular weight is 255 g/mol. The first-order valence-corrected chi connectivity index (χ1v) is 6.63. The van der Waals surface area contributed by atoms with E-state index in [4.69, 9.17) is 10.2 Å². The second-order valence-corrected chi connectivity index (χ2v) is 4.78. The highest BCUT2D eigenvalue weighted by atomic mass is 32.2. The van der Waals surface area contributed by atoms with E-state index >= 15 is 0 Å². The third-order valence-electron chi connectivity index (χ3n) is 2.16. The van der Waals surface area contributed by atoms with Crippen LogP contribution in [0.2, 0.25) is 0 Å². The minimum Gasteiger partial charge on any atom is -0.478 e. The lowest BCUT2D eigenvalue weighted by Gasteiger charge is -2.05. The minimum absolute atomic E-state index is 0.146. The van der Waals surface area contributed by atoms with Crippen molar-refractivity contribution in [2.45, 2.75) is 31.2 Å². The first-order chi connectivity index (χ1) is 8.17. The summed E-state index contributed by atoms with van der Waals surface area (Å²) in [5.41, 5.74) is 1.11. The van der Waals surface area contributed by atoms with Crippen LogP contribution in [0.4, 0.5) is 0 Å². The van der Waals surface area contributed by atoms with Crippen LogP contribution in [0.5, 0.6) is 0 Å². The lowest BCUT2D eigenvalue weighted by atomic mass is 10.2. The van der Waals surface area contributed by atoms with Gasteiger partial charge in [-0.05, 0) is 25.0 Å². The molecular weight excluding hydrogens is 238 g/mol. The van der Waals surface area contributed by atoms with Gasteiger partial charge in [-0.15, -0.1) is 11.8 Å². The van der Waals surface area contributed by atoms with Gasteiger partial charge in [0.05, 0.1) is 10.6 Å². The number of carbonyl (C=O) groups is 1. The molecule has 2 N–H and O–H groups in total. The van der Waals surface area contributed by atoms with E-state index in [2.05, 4.69) is 4.98 Å². The molecule has 0 fully saturated rings. The smallest absolute Gasteiger partial charge is 0.335 e. The highest BCUT2D eigenvalue weighted by molar-refractivity contribution is 7.99. The highest BCUT2D eigenvalue weighted by Crippen LogP contribution is 2.19. The van der Waals surface area contributed by atoms with Gasteiger partial charge in [0.2, 0.25) is 0 Å². The van der Waals surface area contributed by atoms with Gasteiger partial charge < -0.3 is 10.2 Å². The van der Waals surface area contributed by atoms with Crippen LogP contribution in [0.25, 0.3) is 0 Å². The van der Waals surface area contributed by atoms with Gasteiger partial charge >= 0.3 is 5.97 Å². The van der Waals surface area contributed by atoms with Crippen molar-refractivity contribution < 1.29 is 15.0 Å². The predicted octanol–water partition coefficient (Wildman–Crippen LogP) is 2.21. The van der Waals surface area contributed by atoms with Gasteiger partial charge in [-0.3, -0.25) is 0 Å². The van der Waals surface area contributed by atoms with E-state index in [1.165, 1.54) is 11.8 Å². The molecule has 17 heavy (non-hydrogen) atoms. The molecule has 0 bridgehead atoms. The molecule has 0 aliphatic rings. The maximum atomic E-state index is 11.0. The number of aromatic nitrogens is 1. The molecule has 0 spiro atoms. The van der Waals surface area contributed by atoms with E-state index in [0.29, 0.717) is 6.42 Å². The number of aryl methyl sites for hydroxylation is 1. The van der Waals surface area contributed by atoms with Crippen molar-refractivity contribution in [1.29, 1.82) is 0 Å². The summed E-state index contributed by atoms with van der Waals surface area (Å²) in [6.45, 7) is 2.18. The van der Waals surface area contributed by atoms with Gasteiger partial charge in [0.1, 0.15) is 0 Å². The molecule has 0 aromatic carbocycles. The quantitative estimate of drug-likeness (QED) is 0.577. The average Bonchev–Trinajstić information content (AvgIpc) is 2.29. The summed E-state index contributed by atoms with van der Waals surface area (Å²) in [6, 6.07) is 3.21. The van der Waals surface area contributed by atoms with E-state index < -0.39 is 5.97 Å². The Morgan fingerprint density at radius 2 is 2.24 bits per heavy atom. The van der Waals surface area contributed by atoms with Gasteiger partial charge in [0.15, 0.2) is 0 Å². The van der Waals surface area contributed by atoms with Crippen LogP contribution >= 0.6 is 11.8 Å². The summed E-state index contributed by atoms with van der Waals surface area (Å²) >= 11 is 1.48. The zero-order valence-corrected chi connectivity index (χ0v) is 10.7. The predicted molar refractivity (Wildman–Crippen MR) is 67.6 cm³/mol. The van der Waals surface area contributed by atoms with Crippen LogP contribution in [0.3, 0.4) is 0 Å². The molecule has 0 unspecified atom stereocenters. The molecule has 1 aromatic heterocycles. The van der Waals surface area contributed by atoms with Crippen molar-refractivity contribution in [3.63, 3.8) is 0 Å². The van der Waals surface area contributed by atoms with Gasteiger partial charge in [-0.2, -0.15) is 0 Å². The first-order valence-electron chi connectivity index (χ1n) is 5.65. The number of carboxylic acid groups (broad SMARTS) is 1. The van der Waals surface area contributed by atoms with Crippen molar-refractivity contribution in [1.82, 2.24) is 4.98 Å². The third-order valence-corrected chi connectivity index (χ3v) is 3.16. The zero-order valence-electron chi connectivity index (χ0n) is 9.85. The number of nitrogens with zero attached hydrogens (tertiary/aromatic N) is 1. The molecule has 4 nitrogen and oxygen atoms in total. The summed E-state index contributed by atoms with van der Waals surface area (Å²) in [7, 11) is 0. The Morgan fingerprint density at radius 1 is 1.47 bits per heavy atom. The fraction of sp³-hybridized carbons (Fsp3) is 0.500. The molecule has 0 radical (unpaired) electrons. The molecule has 1 aromatic rings. The normalized spacial score (nSPS) is 10.5. The Hall–Kier alpha value is -1.07. The summed E-state index contributed by atoms with van der Waals surface area (Å²) in [6.07, 6.45) is 2.41. The van der Waals surface area contributed by atoms with E-state index in [-0.39, 0.29) is 12.2 Å². The number of thioether (sulfide) groups is 1. The van der Waals surface area contributed by atoms with E-state index in [1.807, 2.05) is 6.92 Å². The van der Waals surface area contributed by atoms with Crippen LogP contribution in [0, 0.1) is 0 Å². The summed E-state index contributed by atoms with van der Waals surface area (Å²) < 4.78 is 0. The second-order valence-electron chi connectivity index (χ2n) is 3.67. The largest absolute Gasteiger partial charge is 0.478 e. The molecular formula is C12H17NO3S. The Kier molecular flexibility index (Phi) is 6.00. The third kappa shape index (κ3) is 4.75. The number of rotatable bonds is 7. The summed E-state index contributed by atoms with van der Waals surface area (Å²) in [5.74, 6) is -0.174. The van der Waals surface area contributed by atoms with Crippen molar-refractivity contribution in [2.75, 3.05) is 12.4 Å². The van der Waals surface area contributed by atoms with Gasteiger partial charge in [0.25, 0.3) is 0 Å². The fourth-order valence-corrected chi connectivity index (χ4v) is 2.26. The topological polar surface area (TPSA) is 70.4 Å². The maximum Gasteiger partial charge on any atom is 0.335 e. The van der Waals surface area contributed by atoms with E-state index in [9.17, 15) is 4.79 Å². The van der Waals surface area contributed by atoms with Crippen LogP contribution in [-0.4, -0.2) is 33.5 Å². The number of aromatic carboxylic acids is 1. The second kappa shape index (κ2) is 7.29. The molecule has 5 heteroatoms. The molecule has 1 heterocycles.